The van der Waals surface area contributed by atoms with Gasteiger partial charge in [0, 0.05) is 17.1 Å². The Labute approximate surface area is 110 Å². The van der Waals surface area contributed by atoms with Crippen LogP contribution >= 0.6 is 0 Å². The quantitative estimate of drug-likeness (QED) is 0.485. The zero-order chi connectivity index (χ0) is 11.4. The normalized spacial score (nSPS) is 9.06. The predicted molar refractivity (Wildman–Crippen MR) is 67.8 cm³/mol. The van der Waals surface area contributed by atoms with Gasteiger partial charge in [0.05, 0.1) is 0 Å². The average molecular weight is 256 g/mol. The van der Waals surface area contributed by atoms with E-state index in [1.54, 1.807) is 0 Å². The van der Waals surface area contributed by atoms with Crippen LogP contribution in [0.2, 0.25) is 0 Å². The van der Waals surface area contributed by atoms with Crippen molar-refractivity contribution < 1.29 is 17.1 Å². The monoisotopic (exact) mass is 256 g/mol. The minimum atomic E-state index is 0. The summed E-state index contributed by atoms with van der Waals surface area (Å²) in [5.41, 5.74) is 7.09. The van der Waals surface area contributed by atoms with Gasteiger partial charge in [-0.3, -0.25) is 0 Å². The van der Waals surface area contributed by atoms with Crippen LogP contribution in [-0.2, 0) is 17.1 Å². The molecule has 0 spiro atoms. The Hall–Kier alpha value is -0.781. The van der Waals surface area contributed by atoms with E-state index in [4.69, 9.17) is 0 Å². The van der Waals surface area contributed by atoms with E-state index in [9.17, 15) is 0 Å². The van der Waals surface area contributed by atoms with Gasteiger partial charge in [-0.15, -0.1) is 0 Å². The molecule has 0 saturated heterocycles. The third-order valence-electron chi connectivity index (χ3n) is 3.01. The number of hydrogen-bond acceptors (Lipinski definition) is 0. The van der Waals surface area contributed by atoms with E-state index in [2.05, 4.69) is 52.8 Å². The minimum Gasteiger partial charge on any atom is -0.743 e. The fraction of sp³-hybridized carbons (Fsp3) is 0.333. The van der Waals surface area contributed by atoms with Crippen LogP contribution in [0, 0.1) is 34.6 Å². The minimum absolute atomic E-state index is 0. The van der Waals surface area contributed by atoms with E-state index in [1.807, 2.05) is 12.1 Å². The van der Waals surface area contributed by atoms with Gasteiger partial charge in [0.1, 0.15) is 0 Å². The summed E-state index contributed by atoms with van der Waals surface area (Å²) >= 11 is 0. The Morgan fingerprint density at radius 3 is 1.25 bits per heavy atom. The molecule has 0 aliphatic rings. The zero-order valence-corrected chi connectivity index (χ0v) is 11.8. The van der Waals surface area contributed by atoms with Gasteiger partial charge in [-0.25, -0.2) is 39.8 Å². The average Bonchev–Trinajstić information content (AvgIpc) is 2.73. The molecule has 0 radical (unpaired) electrons. The first-order valence-electron chi connectivity index (χ1n) is 5.40. The molecule has 0 heterocycles. The molecule has 0 aliphatic carbocycles. The van der Waals surface area contributed by atoms with E-state index < -0.39 is 0 Å². The molecule has 2 aromatic carbocycles. The van der Waals surface area contributed by atoms with Crippen molar-refractivity contribution in [3.63, 3.8) is 0 Å². The van der Waals surface area contributed by atoms with Crippen LogP contribution in [0.4, 0.5) is 0 Å². The number of hydrogen-bond donors (Lipinski definition) is 0. The molecule has 0 fully saturated rings. The standard InChI is InChI=1S/C9H13.C6H7.Fe/c1-6-5-7(2)9(4)8(6)3;1-6-4-2-3-5-6;/h5H,1-4H3;2-5H,1H3;/q-5;-1;. The molecular weight excluding hydrogens is 236 g/mol. The van der Waals surface area contributed by atoms with E-state index in [1.165, 1.54) is 27.8 Å². The summed E-state index contributed by atoms with van der Waals surface area (Å²) in [5, 5.41) is 0. The SMILES string of the molecule is C[c-]1[cH-][c-](C)[c-](C)[c-]1C.C[c-]1cccc1.[Fe]. The number of aryl methyl sites for hydroxylation is 3. The Morgan fingerprint density at radius 2 is 1.12 bits per heavy atom. The number of rotatable bonds is 0. The third kappa shape index (κ3) is 4.00. The first-order valence-corrected chi connectivity index (χ1v) is 5.40. The van der Waals surface area contributed by atoms with Crippen LogP contribution in [0.25, 0.3) is 0 Å². The Bertz CT molecular complexity index is 382. The van der Waals surface area contributed by atoms with Crippen molar-refractivity contribution >= 4 is 0 Å². The summed E-state index contributed by atoms with van der Waals surface area (Å²) in [6, 6.07) is 10.5. The van der Waals surface area contributed by atoms with Crippen LogP contribution in [0.1, 0.15) is 27.8 Å². The van der Waals surface area contributed by atoms with Gasteiger partial charge in [0.2, 0.25) is 0 Å². The van der Waals surface area contributed by atoms with Crippen molar-refractivity contribution in [2.45, 2.75) is 34.6 Å². The second-order valence-corrected chi connectivity index (χ2v) is 4.22. The van der Waals surface area contributed by atoms with Gasteiger partial charge in [0.15, 0.2) is 0 Å². The van der Waals surface area contributed by atoms with Gasteiger partial charge in [0.25, 0.3) is 0 Å². The summed E-state index contributed by atoms with van der Waals surface area (Å²) in [7, 11) is 0. The van der Waals surface area contributed by atoms with E-state index in [0.717, 1.165) is 0 Å². The van der Waals surface area contributed by atoms with E-state index in [-0.39, 0.29) is 17.1 Å². The fourth-order valence-corrected chi connectivity index (χ4v) is 1.60. The summed E-state index contributed by atoms with van der Waals surface area (Å²) in [6.07, 6.45) is 0. The van der Waals surface area contributed by atoms with Gasteiger partial charge in [-0.1, -0.05) is 6.92 Å². The van der Waals surface area contributed by atoms with Gasteiger partial charge in [-0.05, 0) is 0 Å². The maximum atomic E-state index is 2.24. The molecule has 0 N–H and O–H groups in total. The summed E-state index contributed by atoms with van der Waals surface area (Å²) in [5.74, 6) is 0. The molecule has 2 aromatic rings. The maximum absolute atomic E-state index is 2.24. The van der Waals surface area contributed by atoms with Gasteiger partial charge in [-0.2, -0.15) is 17.7 Å². The van der Waals surface area contributed by atoms with Crippen LogP contribution < -0.4 is 0 Å². The molecule has 0 amide bonds. The molecule has 94 valence electrons. The summed E-state index contributed by atoms with van der Waals surface area (Å²) in [6.45, 7) is 10.8. The maximum Gasteiger partial charge on any atom is 0 e. The van der Waals surface area contributed by atoms with Crippen molar-refractivity contribution in [3.05, 3.63) is 58.1 Å². The topological polar surface area (TPSA) is 0 Å². The molecule has 0 bridgehead atoms. The van der Waals surface area contributed by atoms with Gasteiger partial charge >= 0.3 is 0 Å². The molecule has 0 nitrogen and oxygen atoms in total. The molecule has 0 unspecified atom stereocenters. The zero-order valence-electron chi connectivity index (χ0n) is 10.7. The first-order chi connectivity index (χ1) is 7.02. The molecule has 0 aliphatic heterocycles. The Morgan fingerprint density at radius 1 is 0.750 bits per heavy atom. The molecule has 0 aromatic heterocycles. The second kappa shape index (κ2) is 6.73. The van der Waals surface area contributed by atoms with Crippen LogP contribution in [0.3, 0.4) is 0 Å². The van der Waals surface area contributed by atoms with Gasteiger partial charge < -0.3 is 28.3 Å². The van der Waals surface area contributed by atoms with Crippen molar-refractivity contribution in [1.29, 1.82) is 0 Å². The molecule has 0 atom stereocenters. The second-order valence-electron chi connectivity index (χ2n) is 4.22. The van der Waals surface area contributed by atoms with Crippen molar-refractivity contribution in [1.82, 2.24) is 0 Å². The molecule has 0 saturated carbocycles. The fourth-order valence-electron chi connectivity index (χ4n) is 1.60. The molecular formula is C15H20Fe-6. The van der Waals surface area contributed by atoms with E-state index >= 15 is 0 Å². The molecule has 16 heavy (non-hydrogen) atoms. The van der Waals surface area contributed by atoms with Crippen molar-refractivity contribution in [3.8, 4) is 0 Å². The van der Waals surface area contributed by atoms with Crippen molar-refractivity contribution in [2.75, 3.05) is 0 Å². The smallest absolute Gasteiger partial charge is 0 e. The van der Waals surface area contributed by atoms with Crippen molar-refractivity contribution in [2.24, 2.45) is 0 Å². The third-order valence-corrected chi connectivity index (χ3v) is 3.01. The Balaban J connectivity index is 0.000000283. The Kier molecular flexibility index (Phi) is 6.40. The predicted octanol–water partition coefficient (Wildman–Crippen LogP) is 4.35. The van der Waals surface area contributed by atoms with E-state index in [0.29, 0.717) is 0 Å². The molecule has 2 rings (SSSR count). The first kappa shape index (κ1) is 15.2. The van der Waals surface area contributed by atoms with Crippen LogP contribution in [0.15, 0.2) is 30.3 Å². The van der Waals surface area contributed by atoms with Crippen LogP contribution in [-0.4, -0.2) is 0 Å². The largest absolute Gasteiger partial charge is 0.743 e. The molecule has 1 heteroatoms. The van der Waals surface area contributed by atoms with Crippen LogP contribution in [0.5, 0.6) is 0 Å². The summed E-state index contributed by atoms with van der Waals surface area (Å²) < 4.78 is 0. The summed E-state index contributed by atoms with van der Waals surface area (Å²) in [4.78, 5) is 0.